The van der Waals surface area contributed by atoms with Gasteiger partial charge in [-0.05, 0) is 137 Å². The lowest BCUT2D eigenvalue weighted by Gasteiger charge is -2.33. The van der Waals surface area contributed by atoms with Crippen LogP contribution in [0.15, 0.2) is 97.1 Å². The van der Waals surface area contributed by atoms with Crippen LogP contribution in [0.4, 0.5) is 0 Å². The van der Waals surface area contributed by atoms with Gasteiger partial charge in [-0.3, -0.25) is 0 Å². The first-order valence-corrected chi connectivity index (χ1v) is 18.6. The number of rotatable bonds is 2. The average molecular weight is 634 g/mol. The topological polar surface area (TPSA) is 0 Å². The minimum Gasteiger partial charge on any atom is -0.0664 e. The molecule has 234 valence electrons. The molecule has 0 nitrogen and oxygen atoms in total. The molecule has 12 rings (SSSR count). The maximum Gasteiger partial charge on any atom is 0.244 e. The van der Waals surface area contributed by atoms with Gasteiger partial charge >= 0.3 is 0 Å². The van der Waals surface area contributed by atoms with Crippen LogP contribution in [0.5, 0.6) is 0 Å². The van der Waals surface area contributed by atoms with E-state index in [4.69, 9.17) is 0 Å². The van der Waals surface area contributed by atoms with Crippen molar-refractivity contribution in [3.63, 3.8) is 0 Å². The van der Waals surface area contributed by atoms with Crippen molar-refractivity contribution < 1.29 is 0 Å². The Morgan fingerprint density at radius 1 is 0.380 bits per heavy atom. The number of fused-ring (bicyclic) bond motifs is 10. The Balaban J connectivity index is 1.35. The highest BCUT2D eigenvalue weighted by atomic mass is 14.3. The standard InChI is InChI=1S/C48H36B2/c1-23(2)29-19-31-37-17-25(5)15-35-27-11-8-10-14-40(27)50(47(35)37)42-22-34-30(24(3)4)20-32-38-18-26(6)16-36-28-12-7-9-13-39(28)49(48(36)38)41-21-33(29)45(43(31)42)46(34)44(32)41/h7-24H,1-6H3. The Kier molecular flexibility index (Phi) is 4.98. The second-order valence-corrected chi connectivity index (χ2v) is 16.5. The number of hydrogen-bond donors (Lipinski definition) is 0. The Hall–Kier alpha value is -5.07. The molecule has 0 bridgehead atoms. The predicted octanol–water partition coefficient (Wildman–Crippen LogP) is 8.40. The van der Waals surface area contributed by atoms with Crippen LogP contribution >= 0.6 is 0 Å². The minimum absolute atomic E-state index is 0.250. The van der Waals surface area contributed by atoms with E-state index in [9.17, 15) is 0 Å². The zero-order valence-electron chi connectivity index (χ0n) is 29.5. The summed E-state index contributed by atoms with van der Waals surface area (Å²) in [6, 6.07) is 38.9. The number of aryl methyl sites for hydroxylation is 2. The van der Waals surface area contributed by atoms with Crippen LogP contribution in [-0.2, 0) is 0 Å². The summed E-state index contributed by atoms with van der Waals surface area (Å²) >= 11 is 0. The van der Waals surface area contributed by atoms with Crippen molar-refractivity contribution >= 4 is 78.5 Å². The average Bonchev–Trinajstić information content (AvgIpc) is 3.62. The van der Waals surface area contributed by atoms with Crippen molar-refractivity contribution in [3.8, 4) is 44.5 Å². The van der Waals surface area contributed by atoms with Crippen LogP contribution in [0, 0.1) is 13.8 Å². The maximum atomic E-state index is 2.66. The zero-order valence-corrected chi connectivity index (χ0v) is 29.5. The molecule has 4 aliphatic rings. The van der Waals surface area contributed by atoms with E-state index in [1.807, 2.05) is 0 Å². The van der Waals surface area contributed by atoms with E-state index >= 15 is 0 Å². The summed E-state index contributed by atoms with van der Waals surface area (Å²) in [6.45, 7) is 14.7. The largest absolute Gasteiger partial charge is 0.244 e. The molecule has 50 heavy (non-hydrogen) atoms. The Labute approximate surface area is 294 Å². The van der Waals surface area contributed by atoms with E-state index in [1.54, 1.807) is 0 Å². The first kappa shape index (κ1) is 27.7. The van der Waals surface area contributed by atoms with Gasteiger partial charge in [-0.25, -0.2) is 0 Å². The summed E-state index contributed by atoms with van der Waals surface area (Å²) in [6.07, 6.45) is 0. The molecule has 4 aliphatic heterocycles. The fourth-order valence-electron chi connectivity index (χ4n) is 11.2. The highest BCUT2D eigenvalue weighted by Gasteiger charge is 2.44. The summed E-state index contributed by atoms with van der Waals surface area (Å²) < 4.78 is 0. The van der Waals surface area contributed by atoms with Gasteiger partial charge in [0.25, 0.3) is 0 Å². The fraction of sp³-hybridized carbons (Fsp3) is 0.167. The van der Waals surface area contributed by atoms with Gasteiger partial charge in [-0.15, -0.1) is 0 Å². The zero-order chi connectivity index (χ0) is 33.5. The van der Waals surface area contributed by atoms with Crippen LogP contribution in [0.25, 0.3) is 76.8 Å². The van der Waals surface area contributed by atoms with Crippen molar-refractivity contribution in [2.45, 2.75) is 53.4 Å². The molecule has 0 spiro atoms. The summed E-state index contributed by atoms with van der Waals surface area (Å²) in [5, 5.41) is 8.91. The predicted molar refractivity (Wildman–Crippen MR) is 219 cm³/mol. The molecule has 0 radical (unpaired) electrons. The SMILES string of the molecule is Cc1cc2c3c(c1)-c1cc(C(C)C)c4cc5c6c(cc(C(C)C)c7cc(c1c4c76)B3c1ccccc1-2)-c1cc(C)cc2c1B5c1ccccc1-2. The number of benzene rings is 8. The molecule has 0 aliphatic carbocycles. The van der Waals surface area contributed by atoms with Gasteiger partial charge in [-0.1, -0.05) is 145 Å². The Morgan fingerprint density at radius 3 is 1.16 bits per heavy atom. The minimum atomic E-state index is 0.250. The van der Waals surface area contributed by atoms with Crippen molar-refractivity contribution in [1.82, 2.24) is 0 Å². The van der Waals surface area contributed by atoms with Gasteiger partial charge < -0.3 is 0 Å². The third-order valence-corrected chi connectivity index (χ3v) is 13.0. The van der Waals surface area contributed by atoms with Gasteiger partial charge in [0.05, 0.1) is 0 Å². The van der Waals surface area contributed by atoms with E-state index in [2.05, 4.69) is 139 Å². The summed E-state index contributed by atoms with van der Waals surface area (Å²) in [7, 11) is 0. The normalized spacial score (nSPS) is 14.1. The van der Waals surface area contributed by atoms with Crippen LogP contribution in [0.1, 0.15) is 61.8 Å². The lowest BCUT2D eigenvalue weighted by molar-refractivity contribution is 0.876. The van der Waals surface area contributed by atoms with Gasteiger partial charge in [-0.2, -0.15) is 0 Å². The molecule has 0 atom stereocenters. The van der Waals surface area contributed by atoms with Gasteiger partial charge in [0.2, 0.25) is 13.4 Å². The fourth-order valence-corrected chi connectivity index (χ4v) is 11.2. The monoisotopic (exact) mass is 634 g/mol. The molecule has 0 unspecified atom stereocenters. The molecule has 0 saturated heterocycles. The van der Waals surface area contributed by atoms with Crippen molar-refractivity contribution in [3.05, 3.63) is 119 Å². The molecular formula is C48H36B2. The Morgan fingerprint density at radius 2 is 0.760 bits per heavy atom. The molecule has 8 aromatic carbocycles. The summed E-state index contributed by atoms with van der Waals surface area (Å²) in [4.78, 5) is 0. The van der Waals surface area contributed by atoms with Gasteiger partial charge in [0.1, 0.15) is 0 Å². The van der Waals surface area contributed by atoms with E-state index in [-0.39, 0.29) is 13.4 Å². The molecule has 0 N–H and O–H groups in total. The Bertz CT molecular complexity index is 2710. The van der Waals surface area contributed by atoms with Gasteiger partial charge in [0, 0.05) is 0 Å². The smallest absolute Gasteiger partial charge is 0.0664 e. The first-order chi connectivity index (χ1) is 24.3. The molecular weight excluding hydrogens is 598 g/mol. The van der Waals surface area contributed by atoms with Crippen LogP contribution in [0.3, 0.4) is 0 Å². The van der Waals surface area contributed by atoms with Crippen LogP contribution in [0.2, 0.25) is 0 Å². The molecule has 4 heterocycles. The summed E-state index contributed by atoms with van der Waals surface area (Å²) in [5.41, 5.74) is 26.1. The molecule has 0 amide bonds. The van der Waals surface area contributed by atoms with E-state index in [1.165, 1.54) is 132 Å². The maximum absolute atomic E-state index is 2.66. The van der Waals surface area contributed by atoms with Gasteiger partial charge in [0.15, 0.2) is 0 Å². The lowest BCUT2D eigenvalue weighted by Crippen LogP contribution is -2.53. The molecule has 8 aromatic rings. The van der Waals surface area contributed by atoms with E-state index in [0.29, 0.717) is 11.8 Å². The number of hydrogen-bond acceptors (Lipinski definition) is 0. The quantitative estimate of drug-likeness (QED) is 0.132. The van der Waals surface area contributed by atoms with Crippen LogP contribution in [-0.4, -0.2) is 13.4 Å². The van der Waals surface area contributed by atoms with Crippen molar-refractivity contribution in [2.24, 2.45) is 0 Å². The van der Waals surface area contributed by atoms with Crippen LogP contribution < -0.4 is 32.8 Å². The second-order valence-electron chi connectivity index (χ2n) is 16.5. The highest BCUT2D eigenvalue weighted by molar-refractivity contribution is 7.03. The lowest BCUT2D eigenvalue weighted by atomic mass is 9.34. The van der Waals surface area contributed by atoms with Crippen molar-refractivity contribution in [1.29, 1.82) is 0 Å². The summed E-state index contributed by atoms with van der Waals surface area (Å²) in [5.74, 6) is 0.793. The molecule has 0 saturated carbocycles. The van der Waals surface area contributed by atoms with Crippen molar-refractivity contribution in [2.75, 3.05) is 0 Å². The third kappa shape index (κ3) is 3.06. The van der Waals surface area contributed by atoms with E-state index < -0.39 is 0 Å². The third-order valence-electron chi connectivity index (χ3n) is 13.0. The second kappa shape index (κ2) is 8.98. The molecule has 0 aromatic heterocycles. The van der Waals surface area contributed by atoms with E-state index in [0.717, 1.165) is 0 Å². The molecule has 2 heteroatoms. The highest BCUT2D eigenvalue weighted by Crippen LogP contribution is 2.49. The first-order valence-electron chi connectivity index (χ1n) is 18.6. The molecule has 0 fully saturated rings.